The van der Waals surface area contributed by atoms with E-state index < -0.39 is 18.2 Å². The van der Waals surface area contributed by atoms with Gasteiger partial charge in [0.1, 0.15) is 22.7 Å². The lowest BCUT2D eigenvalue weighted by molar-refractivity contribution is -0.145. The van der Waals surface area contributed by atoms with Crippen LogP contribution >= 0.6 is 11.6 Å². The monoisotopic (exact) mass is 542 g/mol. The Morgan fingerprint density at radius 3 is 2.79 bits per heavy atom. The van der Waals surface area contributed by atoms with Crippen molar-refractivity contribution >= 4 is 23.7 Å². The third kappa shape index (κ3) is 6.39. The van der Waals surface area contributed by atoms with E-state index in [0.29, 0.717) is 47.1 Å². The first kappa shape index (κ1) is 27.3. The minimum atomic E-state index is -0.758. The SMILES string of the molecule is Cc1nc(-c2nnn(C)c2CNC(=O)OC(C)c2cccnc2Cl)ccc1OC[C@H]1CCCC[C@@H]1C(=O)O. The van der Waals surface area contributed by atoms with Crippen LogP contribution in [0.1, 0.15) is 55.7 Å². The summed E-state index contributed by atoms with van der Waals surface area (Å²) in [5.74, 6) is -0.554. The number of aliphatic carboxylic acids is 1. The van der Waals surface area contributed by atoms with Crippen molar-refractivity contribution in [2.45, 2.75) is 52.2 Å². The molecule has 4 rings (SSSR count). The largest absolute Gasteiger partial charge is 0.491 e. The Morgan fingerprint density at radius 2 is 2.05 bits per heavy atom. The van der Waals surface area contributed by atoms with Crippen molar-refractivity contribution in [3.63, 3.8) is 0 Å². The molecule has 3 heterocycles. The highest BCUT2D eigenvalue weighted by atomic mass is 35.5. The van der Waals surface area contributed by atoms with E-state index in [0.717, 1.165) is 19.3 Å². The summed E-state index contributed by atoms with van der Waals surface area (Å²) in [4.78, 5) is 32.7. The van der Waals surface area contributed by atoms with Crippen LogP contribution in [0.15, 0.2) is 30.5 Å². The number of carbonyl (C=O) groups is 2. The van der Waals surface area contributed by atoms with Crippen molar-refractivity contribution in [2.24, 2.45) is 18.9 Å². The Hall–Kier alpha value is -3.73. The Balaban J connectivity index is 1.39. The molecule has 3 aromatic heterocycles. The number of nitrogens with one attached hydrogen (secondary N) is 1. The fraction of sp³-hybridized carbons (Fsp3) is 0.462. The van der Waals surface area contributed by atoms with Gasteiger partial charge in [0.25, 0.3) is 0 Å². The van der Waals surface area contributed by atoms with Crippen molar-refractivity contribution in [1.29, 1.82) is 0 Å². The Bertz CT molecular complexity index is 1300. The number of carbonyl (C=O) groups excluding carboxylic acids is 1. The van der Waals surface area contributed by atoms with Crippen LogP contribution in [0.25, 0.3) is 11.4 Å². The number of halogens is 1. The van der Waals surface area contributed by atoms with Gasteiger partial charge in [-0.25, -0.2) is 19.4 Å². The van der Waals surface area contributed by atoms with Crippen LogP contribution in [0.5, 0.6) is 5.75 Å². The third-order valence-electron chi connectivity index (χ3n) is 6.81. The molecule has 0 aliphatic heterocycles. The summed E-state index contributed by atoms with van der Waals surface area (Å²) >= 11 is 6.09. The zero-order valence-electron chi connectivity index (χ0n) is 21.6. The summed E-state index contributed by atoms with van der Waals surface area (Å²) in [5.41, 5.74) is 2.99. The molecule has 3 aromatic rings. The minimum Gasteiger partial charge on any atom is -0.491 e. The van der Waals surface area contributed by atoms with E-state index in [4.69, 9.17) is 21.1 Å². The quantitative estimate of drug-likeness (QED) is 0.374. The van der Waals surface area contributed by atoms with E-state index in [2.05, 4.69) is 25.6 Å². The van der Waals surface area contributed by atoms with Crippen LogP contribution in [0.4, 0.5) is 4.79 Å². The standard InChI is InChI=1S/C26H31ClN6O5/c1-15-22(37-14-17-7-4-5-8-19(17)25(34)35)11-10-20(30-15)23-21(33(3)32-31-23)13-29-26(36)38-16(2)18-9-6-12-28-24(18)27/h6,9-12,16-17,19H,4-5,7-8,13-14H2,1-3H3,(H,29,36)(H,34,35)/t16?,17-,19+/m1/s1. The summed E-state index contributed by atoms with van der Waals surface area (Å²) in [6.07, 6.45) is 3.83. The average molecular weight is 543 g/mol. The van der Waals surface area contributed by atoms with Gasteiger partial charge < -0.3 is 19.9 Å². The topological polar surface area (TPSA) is 141 Å². The number of amides is 1. The predicted octanol–water partition coefficient (Wildman–Crippen LogP) is 4.49. The fourth-order valence-electron chi connectivity index (χ4n) is 4.66. The van der Waals surface area contributed by atoms with Gasteiger partial charge in [0.2, 0.25) is 0 Å². The molecule has 0 radical (unpaired) electrons. The van der Waals surface area contributed by atoms with Gasteiger partial charge in [-0.2, -0.15) is 0 Å². The van der Waals surface area contributed by atoms with Crippen molar-refractivity contribution < 1.29 is 24.2 Å². The van der Waals surface area contributed by atoms with E-state index in [1.165, 1.54) is 0 Å². The molecule has 0 saturated heterocycles. The van der Waals surface area contributed by atoms with Crippen LogP contribution < -0.4 is 10.1 Å². The van der Waals surface area contributed by atoms with Crippen molar-refractivity contribution in [2.75, 3.05) is 6.61 Å². The molecule has 3 atom stereocenters. The molecular weight excluding hydrogens is 512 g/mol. The molecule has 1 aliphatic rings. The maximum atomic E-state index is 12.4. The highest BCUT2D eigenvalue weighted by Crippen LogP contribution is 2.32. The lowest BCUT2D eigenvalue weighted by atomic mass is 9.80. The number of rotatable bonds is 9. The van der Waals surface area contributed by atoms with Gasteiger partial charge >= 0.3 is 12.1 Å². The van der Waals surface area contributed by atoms with Gasteiger partial charge in [-0.3, -0.25) is 4.79 Å². The highest BCUT2D eigenvalue weighted by Gasteiger charge is 2.31. The van der Waals surface area contributed by atoms with Crippen LogP contribution in [0, 0.1) is 18.8 Å². The molecule has 11 nitrogen and oxygen atoms in total. The number of carboxylic acids is 1. The molecule has 12 heteroatoms. The molecule has 1 amide bonds. The van der Waals surface area contributed by atoms with Gasteiger partial charge in [-0.05, 0) is 44.9 Å². The van der Waals surface area contributed by atoms with Gasteiger partial charge in [-0.1, -0.05) is 35.7 Å². The smallest absolute Gasteiger partial charge is 0.408 e. The number of hydrogen-bond donors (Lipinski definition) is 2. The van der Waals surface area contributed by atoms with Gasteiger partial charge in [0, 0.05) is 24.7 Å². The van der Waals surface area contributed by atoms with Crippen molar-refractivity contribution in [1.82, 2.24) is 30.3 Å². The fourth-order valence-corrected chi connectivity index (χ4v) is 4.93. The lowest BCUT2D eigenvalue weighted by Crippen LogP contribution is -2.31. The number of nitrogens with zero attached hydrogens (tertiary/aromatic N) is 5. The molecule has 2 N–H and O–H groups in total. The Morgan fingerprint density at radius 1 is 1.26 bits per heavy atom. The maximum Gasteiger partial charge on any atom is 0.408 e. The van der Waals surface area contributed by atoms with Crippen LogP contribution in [-0.2, 0) is 23.1 Å². The van der Waals surface area contributed by atoms with Crippen molar-refractivity contribution in [3.05, 3.63) is 52.6 Å². The highest BCUT2D eigenvalue weighted by molar-refractivity contribution is 6.30. The predicted molar refractivity (Wildman–Crippen MR) is 139 cm³/mol. The van der Waals surface area contributed by atoms with E-state index >= 15 is 0 Å². The molecule has 0 aromatic carbocycles. The Labute approximate surface area is 225 Å². The van der Waals surface area contributed by atoms with Gasteiger partial charge in [0.15, 0.2) is 0 Å². The van der Waals surface area contributed by atoms with E-state index in [-0.39, 0.29) is 23.5 Å². The number of carboxylic acid groups (broad SMARTS) is 1. The molecular formula is C26H31ClN6O5. The molecule has 0 spiro atoms. The van der Waals surface area contributed by atoms with E-state index in [9.17, 15) is 14.7 Å². The van der Waals surface area contributed by atoms with Crippen LogP contribution in [0.3, 0.4) is 0 Å². The summed E-state index contributed by atoms with van der Waals surface area (Å²) in [6.45, 7) is 3.99. The maximum absolute atomic E-state index is 12.4. The minimum absolute atomic E-state index is 0.0188. The molecule has 1 aliphatic carbocycles. The first-order chi connectivity index (χ1) is 18.2. The molecule has 202 valence electrons. The average Bonchev–Trinajstić information content (AvgIpc) is 3.27. The van der Waals surface area contributed by atoms with Gasteiger partial charge in [0.05, 0.1) is 36.2 Å². The normalized spacial score (nSPS) is 18.0. The number of ether oxygens (including phenoxy) is 2. The zero-order valence-corrected chi connectivity index (χ0v) is 22.3. The second kappa shape index (κ2) is 12.2. The van der Waals surface area contributed by atoms with Crippen LogP contribution in [0.2, 0.25) is 5.15 Å². The molecule has 1 fully saturated rings. The number of pyridine rings is 2. The van der Waals surface area contributed by atoms with Gasteiger partial charge in [-0.15, -0.1) is 5.10 Å². The number of alkyl carbamates (subject to hydrolysis) is 1. The van der Waals surface area contributed by atoms with E-state index in [1.54, 1.807) is 49.1 Å². The summed E-state index contributed by atoms with van der Waals surface area (Å²) < 4.78 is 13.0. The number of aryl methyl sites for hydroxylation is 2. The lowest BCUT2D eigenvalue weighted by Gasteiger charge is -2.28. The van der Waals surface area contributed by atoms with Crippen LogP contribution in [-0.4, -0.2) is 48.7 Å². The molecule has 0 bridgehead atoms. The summed E-state index contributed by atoms with van der Waals surface area (Å²) in [6, 6.07) is 7.05. The first-order valence-electron chi connectivity index (χ1n) is 12.5. The number of aromatic nitrogens is 5. The second-order valence-electron chi connectivity index (χ2n) is 9.37. The second-order valence-corrected chi connectivity index (χ2v) is 9.73. The molecule has 1 unspecified atom stereocenters. The molecule has 1 saturated carbocycles. The van der Waals surface area contributed by atoms with E-state index in [1.807, 2.05) is 6.92 Å². The first-order valence-corrected chi connectivity index (χ1v) is 12.9. The zero-order chi connectivity index (χ0) is 27.2. The number of hydrogen-bond acceptors (Lipinski definition) is 8. The third-order valence-corrected chi connectivity index (χ3v) is 7.13. The summed E-state index contributed by atoms with van der Waals surface area (Å²) in [5, 5.41) is 20.8. The molecule has 38 heavy (non-hydrogen) atoms. The van der Waals surface area contributed by atoms with Crippen molar-refractivity contribution in [3.8, 4) is 17.1 Å². The Kier molecular flexibility index (Phi) is 8.77. The summed E-state index contributed by atoms with van der Waals surface area (Å²) in [7, 11) is 1.73.